The van der Waals surface area contributed by atoms with Gasteiger partial charge < -0.3 is 15.0 Å². The van der Waals surface area contributed by atoms with Crippen molar-refractivity contribution >= 4 is 11.7 Å². The SMILES string of the molecule is CCC1(C)CN(C(=O)NCc2ccccc2[N+](=O)[O-])CCO1. The van der Waals surface area contributed by atoms with Crippen LogP contribution in [-0.4, -0.2) is 41.2 Å². The molecule has 1 aliphatic rings. The number of benzene rings is 1. The maximum Gasteiger partial charge on any atom is 0.317 e. The largest absolute Gasteiger partial charge is 0.372 e. The quantitative estimate of drug-likeness (QED) is 0.683. The van der Waals surface area contributed by atoms with Crippen LogP contribution >= 0.6 is 0 Å². The van der Waals surface area contributed by atoms with Gasteiger partial charge in [0.1, 0.15) is 0 Å². The van der Waals surface area contributed by atoms with Gasteiger partial charge in [0, 0.05) is 18.2 Å². The molecule has 2 rings (SSSR count). The maximum absolute atomic E-state index is 12.2. The van der Waals surface area contributed by atoms with Crippen LogP contribution in [0.2, 0.25) is 0 Å². The first-order valence-corrected chi connectivity index (χ1v) is 7.34. The summed E-state index contributed by atoms with van der Waals surface area (Å²) in [6.07, 6.45) is 0.820. The molecule has 1 aromatic carbocycles. The predicted molar refractivity (Wildman–Crippen MR) is 81.6 cm³/mol. The van der Waals surface area contributed by atoms with Gasteiger partial charge in [0.25, 0.3) is 5.69 Å². The molecule has 0 bridgehead atoms. The highest BCUT2D eigenvalue weighted by atomic mass is 16.6. The van der Waals surface area contributed by atoms with Crippen molar-refractivity contribution in [3.05, 3.63) is 39.9 Å². The molecule has 1 fully saturated rings. The fourth-order valence-corrected chi connectivity index (χ4v) is 2.44. The van der Waals surface area contributed by atoms with Crippen LogP contribution in [0, 0.1) is 10.1 Å². The molecule has 1 heterocycles. The number of hydrogen-bond donors (Lipinski definition) is 1. The number of nitro groups is 1. The summed E-state index contributed by atoms with van der Waals surface area (Å²) < 4.78 is 5.70. The third-order valence-corrected chi connectivity index (χ3v) is 3.99. The van der Waals surface area contributed by atoms with E-state index in [1.807, 2.05) is 13.8 Å². The molecule has 0 saturated carbocycles. The third kappa shape index (κ3) is 3.73. The van der Waals surface area contributed by atoms with Crippen LogP contribution in [0.1, 0.15) is 25.8 Å². The normalized spacial score (nSPS) is 21.5. The Kier molecular flexibility index (Phi) is 4.97. The number of nitrogens with one attached hydrogen (secondary N) is 1. The van der Waals surface area contributed by atoms with Crippen molar-refractivity contribution in [2.45, 2.75) is 32.4 Å². The van der Waals surface area contributed by atoms with Crippen molar-refractivity contribution in [1.82, 2.24) is 10.2 Å². The summed E-state index contributed by atoms with van der Waals surface area (Å²) in [5.74, 6) is 0. The second kappa shape index (κ2) is 6.74. The van der Waals surface area contributed by atoms with E-state index in [1.54, 1.807) is 23.1 Å². The average molecular weight is 307 g/mol. The molecule has 1 aromatic rings. The highest BCUT2D eigenvalue weighted by Gasteiger charge is 2.32. The summed E-state index contributed by atoms with van der Waals surface area (Å²) in [6, 6.07) is 6.19. The van der Waals surface area contributed by atoms with Gasteiger partial charge in [-0.25, -0.2) is 4.79 Å². The van der Waals surface area contributed by atoms with E-state index in [-0.39, 0.29) is 23.9 Å². The van der Waals surface area contributed by atoms with E-state index in [0.29, 0.717) is 25.3 Å². The van der Waals surface area contributed by atoms with Crippen LogP contribution in [0.4, 0.5) is 10.5 Å². The van der Waals surface area contributed by atoms with Crippen molar-refractivity contribution in [3.8, 4) is 0 Å². The number of carbonyl (C=O) groups excluding carboxylic acids is 1. The van der Waals surface area contributed by atoms with Crippen molar-refractivity contribution in [2.24, 2.45) is 0 Å². The zero-order valence-corrected chi connectivity index (χ0v) is 12.9. The number of carbonyl (C=O) groups is 1. The predicted octanol–water partition coefficient (Wildman–Crippen LogP) is 2.31. The average Bonchev–Trinajstić information content (AvgIpc) is 2.52. The number of hydrogen-bond acceptors (Lipinski definition) is 4. The maximum atomic E-state index is 12.2. The Morgan fingerprint density at radius 2 is 2.23 bits per heavy atom. The van der Waals surface area contributed by atoms with Gasteiger partial charge in [-0.05, 0) is 13.3 Å². The molecule has 0 radical (unpaired) electrons. The number of ether oxygens (including phenoxy) is 1. The number of nitrogens with zero attached hydrogens (tertiary/aromatic N) is 2. The third-order valence-electron chi connectivity index (χ3n) is 3.99. The van der Waals surface area contributed by atoms with E-state index in [0.717, 1.165) is 6.42 Å². The topological polar surface area (TPSA) is 84.7 Å². The Morgan fingerprint density at radius 1 is 1.50 bits per heavy atom. The minimum Gasteiger partial charge on any atom is -0.372 e. The molecule has 120 valence electrons. The van der Waals surface area contributed by atoms with Gasteiger partial charge in [-0.15, -0.1) is 0 Å². The van der Waals surface area contributed by atoms with Crippen molar-refractivity contribution in [1.29, 1.82) is 0 Å². The monoisotopic (exact) mass is 307 g/mol. The second-order valence-electron chi connectivity index (χ2n) is 5.62. The summed E-state index contributed by atoms with van der Waals surface area (Å²) in [7, 11) is 0. The minimum absolute atomic E-state index is 0.0168. The number of morpholine rings is 1. The summed E-state index contributed by atoms with van der Waals surface area (Å²) >= 11 is 0. The first-order valence-electron chi connectivity index (χ1n) is 7.34. The molecule has 1 unspecified atom stereocenters. The minimum atomic E-state index is -0.440. The number of amides is 2. The van der Waals surface area contributed by atoms with Crippen LogP contribution in [0.25, 0.3) is 0 Å². The lowest BCUT2D eigenvalue weighted by atomic mass is 10.0. The first kappa shape index (κ1) is 16.2. The van der Waals surface area contributed by atoms with Crippen molar-refractivity contribution in [3.63, 3.8) is 0 Å². The highest BCUT2D eigenvalue weighted by Crippen LogP contribution is 2.21. The molecule has 2 amide bonds. The van der Waals surface area contributed by atoms with Crippen molar-refractivity contribution < 1.29 is 14.5 Å². The van der Waals surface area contributed by atoms with Gasteiger partial charge in [0.15, 0.2) is 0 Å². The number of rotatable bonds is 4. The van der Waals surface area contributed by atoms with E-state index in [2.05, 4.69) is 5.32 Å². The Hall–Kier alpha value is -2.15. The lowest BCUT2D eigenvalue weighted by Crippen LogP contribution is -2.54. The second-order valence-corrected chi connectivity index (χ2v) is 5.62. The van der Waals surface area contributed by atoms with Crippen LogP contribution in [-0.2, 0) is 11.3 Å². The fourth-order valence-electron chi connectivity index (χ4n) is 2.44. The van der Waals surface area contributed by atoms with Crippen LogP contribution in [0.15, 0.2) is 24.3 Å². The van der Waals surface area contributed by atoms with Gasteiger partial charge in [-0.3, -0.25) is 10.1 Å². The summed E-state index contributed by atoms with van der Waals surface area (Å²) in [5, 5.41) is 13.7. The Labute approximate surface area is 129 Å². The van der Waals surface area contributed by atoms with Gasteiger partial charge in [0.2, 0.25) is 0 Å². The van der Waals surface area contributed by atoms with Gasteiger partial charge in [-0.1, -0.05) is 25.1 Å². The Bertz CT molecular complexity index is 563. The summed E-state index contributed by atoms with van der Waals surface area (Å²) in [4.78, 5) is 24.5. The van der Waals surface area contributed by atoms with Gasteiger partial charge in [-0.2, -0.15) is 0 Å². The van der Waals surface area contributed by atoms with E-state index in [1.165, 1.54) is 6.07 Å². The summed E-state index contributed by atoms with van der Waals surface area (Å²) in [6.45, 7) is 5.69. The van der Waals surface area contributed by atoms with E-state index in [4.69, 9.17) is 4.74 Å². The molecule has 22 heavy (non-hydrogen) atoms. The fraction of sp³-hybridized carbons (Fsp3) is 0.533. The lowest BCUT2D eigenvalue weighted by molar-refractivity contribution is -0.385. The Balaban J connectivity index is 1.97. The first-order chi connectivity index (χ1) is 10.4. The zero-order chi connectivity index (χ0) is 16.2. The molecular formula is C15H21N3O4. The molecule has 0 spiro atoms. The molecule has 1 atom stereocenters. The highest BCUT2D eigenvalue weighted by molar-refractivity contribution is 5.74. The number of nitro benzene ring substituents is 1. The van der Waals surface area contributed by atoms with Gasteiger partial charge >= 0.3 is 6.03 Å². The summed E-state index contributed by atoms with van der Waals surface area (Å²) in [5.41, 5.74) is 0.185. The van der Waals surface area contributed by atoms with Gasteiger partial charge in [0.05, 0.1) is 30.2 Å². The molecule has 1 N–H and O–H groups in total. The number of urea groups is 1. The molecule has 7 nitrogen and oxygen atoms in total. The molecule has 7 heteroatoms. The van der Waals surface area contributed by atoms with E-state index < -0.39 is 4.92 Å². The van der Waals surface area contributed by atoms with Crippen LogP contribution < -0.4 is 5.32 Å². The zero-order valence-electron chi connectivity index (χ0n) is 12.9. The van der Waals surface area contributed by atoms with Crippen molar-refractivity contribution in [2.75, 3.05) is 19.7 Å². The molecule has 1 aliphatic heterocycles. The Morgan fingerprint density at radius 3 is 2.91 bits per heavy atom. The number of para-hydroxylation sites is 1. The van der Waals surface area contributed by atoms with Crippen LogP contribution in [0.5, 0.6) is 0 Å². The van der Waals surface area contributed by atoms with E-state index in [9.17, 15) is 14.9 Å². The molecular weight excluding hydrogens is 286 g/mol. The molecule has 0 aromatic heterocycles. The van der Waals surface area contributed by atoms with E-state index >= 15 is 0 Å². The smallest absolute Gasteiger partial charge is 0.317 e. The molecule has 1 saturated heterocycles. The van der Waals surface area contributed by atoms with Crippen LogP contribution in [0.3, 0.4) is 0 Å². The lowest BCUT2D eigenvalue weighted by Gasteiger charge is -2.39. The molecule has 0 aliphatic carbocycles. The standard InChI is InChI=1S/C15H21N3O4/c1-3-15(2)11-17(8-9-22-15)14(19)16-10-12-6-4-5-7-13(12)18(20)21/h4-7H,3,8-11H2,1-2H3,(H,16,19).